The fraction of sp³-hybridized carbons (Fsp3) is 0.333. The SMILES string of the molecule is COc1cc(NC2(C)C=Cc3ncc(-c4cnn(C)c4)nc3N2CC2COC(=O)N2)c(F)c(OC)c1. The van der Waals surface area contributed by atoms with Crippen molar-refractivity contribution in [3.05, 3.63) is 48.3 Å². The van der Waals surface area contributed by atoms with E-state index in [0.29, 0.717) is 29.5 Å². The van der Waals surface area contributed by atoms with Crippen LogP contribution in [0.3, 0.4) is 0 Å². The third-order valence-corrected chi connectivity index (χ3v) is 6.16. The molecule has 0 spiro atoms. The monoisotopic (exact) mass is 495 g/mol. The van der Waals surface area contributed by atoms with Crippen molar-refractivity contribution in [1.82, 2.24) is 25.1 Å². The lowest BCUT2D eigenvalue weighted by atomic mass is 10.0. The van der Waals surface area contributed by atoms with Crippen LogP contribution < -0.4 is 25.0 Å². The minimum absolute atomic E-state index is 0.0438. The number of hydrogen-bond donors (Lipinski definition) is 2. The first-order valence-electron chi connectivity index (χ1n) is 11.3. The molecule has 2 aromatic heterocycles. The Kier molecular flexibility index (Phi) is 5.86. The Morgan fingerprint density at radius 2 is 2.14 bits per heavy atom. The Hall–Kier alpha value is -4.35. The lowest BCUT2D eigenvalue weighted by Gasteiger charge is -2.44. The number of ether oxygens (including phenoxy) is 3. The standard InChI is InChI=1S/C24H26FN7O4/c1-24(30-18-7-16(34-3)8-20(35-4)21(18)25)6-5-17-22(32(24)12-15-13-36-23(33)28-15)29-19(10-26-17)14-9-27-31(2)11-14/h5-11,15,30H,12-13H2,1-4H3,(H,28,33). The maximum Gasteiger partial charge on any atom is 0.407 e. The zero-order valence-electron chi connectivity index (χ0n) is 20.3. The van der Waals surface area contributed by atoms with Gasteiger partial charge in [-0.2, -0.15) is 5.10 Å². The van der Waals surface area contributed by atoms with Crippen molar-refractivity contribution >= 4 is 23.7 Å². The lowest BCUT2D eigenvalue weighted by Crippen LogP contribution is -2.57. The fourth-order valence-electron chi connectivity index (χ4n) is 4.28. The summed E-state index contributed by atoms with van der Waals surface area (Å²) in [4.78, 5) is 23.1. The molecule has 11 nitrogen and oxygen atoms in total. The lowest BCUT2D eigenvalue weighted by molar-refractivity contribution is 0.177. The molecule has 3 aromatic rings. The molecule has 2 aliphatic heterocycles. The first-order valence-corrected chi connectivity index (χ1v) is 11.3. The number of alkyl carbamates (subject to hydrolysis) is 1. The number of rotatable bonds is 7. The van der Waals surface area contributed by atoms with E-state index >= 15 is 4.39 Å². The van der Waals surface area contributed by atoms with Gasteiger partial charge in [0, 0.05) is 37.5 Å². The number of benzene rings is 1. The molecule has 1 amide bonds. The molecule has 2 unspecified atom stereocenters. The van der Waals surface area contributed by atoms with Crippen molar-refractivity contribution in [2.24, 2.45) is 7.05 Å². The molecule has 1 fully saturated rings. The number of halogens is 1. The Labute approximate surface area is 206 Å². The van der Waals surface area contributed by atoms with Crippen LogP contribution in [0.4, 0.5) is 20.7 Å². The van der Waals surface area contributed by atoms with Gasteiger partial charge in [-0.3, -0.25) is 9.67 Å². The van der Waals surface area contributed by atoms with E-state index in [0.717, 1.165) is 5.56 Å². The van der Waals surface area contributed by atoms with Crippen LogP contribution in [0, 0.1) is 5.82 Å². The van der Waals surface area contributed by atoms with Gasteiger partial charge in [-0.25, -0.2) is 14.2 Å². The van der Waals surface area contributed by atoms with Crippen molar-refractivity contribution in [3.8, 4) is 22.8 Å². The maximum atomic E-state index is 15.3. The van der Waals surface area contributed by atoms with Crippen LogP contribution in [0.2, 0.25) is 0 Å². The number of hydrogen-bond acceptors (Lipinski definition) is 9. The van der Waals surface area contributed by atoms with Crippen molar-refractivity contribution in [3.63, 3.8) is 0 Å². The van der Waals surface area contributed by atoms with Crippen LogP contribution >= 0.6 is 0 Å². The molecule has 12 heteroatoms. The highest BCUT2D eigenvalue weighted by molar-refractivity contribution is 5.74. The number of anilines is 2. The van der Waals surface area contributed by atoms with Crippen molar-refractivity contribution in [2.45, 2.75) is 18.6 Å². The van der Waals surface area contributed by atoms with Gasteiger partial charge in [0.1, 0.15) is 23.7 Å². The highest BCUT2D eigenvalue weighted by atomic mass is 19.1. The first kappa shape index (κ1) is 23.4. The number of fused-ring (bicyclic) bond motifs is 1. The second-order valence-electron chi connectivity index (χ2n) is 8.71. The molecular formula is C24H26FN7O4. The molecule has 0 saturated carbocycles. The average molecular weight is 496 g/mol. The smallest absolute Gasteiger partial charge is 0.407 e. The highest BCUT2D eigenvalue weighted by Crippen LogP contribution is 2.38. The van der Waals surface area contributed by atoms with Gasteiger partial charge in [-0.05, 0) is 19.1 Å². The molecule has 0 bridgehead atoms. The summed E-state index contributed by atoms with van der Waals surface area (Å²) in [6, 6.07) is 2.72. The number of cyclic esters (lactones) is 1. The number of aromatic nitrogens is 4. The van der Waals surface area contributed by atoms with E-state index in [1.807, 2.05) is 37.2 Å². The summed E-state index contributed by atoms with van der Waals surface area (Å²) in [7, 11) is 4.72. The summed E-state index contributed by atoms with van der Waals surface area (Å²) in [6.45, 7) is 2.40. The van der Waals surface area contributed by atoms with E-state index in [2.05, 4.69) is 20.7 Å². The summed E-state index contributed by atoms with van der Waals surface area (Å²) in [5.41, 5.74) is 1.27. The number of nitrogens with zero attached hydrogens (tertiary/aromatic N) is 5. The Morgan fingerprint density at radius 1 is 1.31 bits per heavy atom. The van der Waals surface area contributed by atoms with Crippen molar-refractivity contribution in [2.75, 3.05) is 37.6 Å². The molecule has 0 radical (unpaired) electrons. The van der Waals surface area contributed by atoms with Crippen LogP contribution in [-0.4, -0.2) is 64.9 Å². The quantitative estimate of drug-likeness (QED) is 0.510. The van der Waals surface area contributed by atoms with E-state index in [9.17, 15) is 4.79 Å². The van der Waals surface area contributed by atoms with Crippen molar-refractivity contribution in [1.29, 1.82) is 0 Å². The molecule has 2 atom stereocenters. The first-order chi connectivity index (χ1) is 17.3. The minimum atomic E-state index is -0.971. The number of amides is 1. The Balaban J connectivity index is 1.58. The second-order valence-corrected chi connectivity index (χ2v) is 8.71. The summed E-state index contributed by atoms with van der Waals surface area (Å²) in [5, 5.41) is 10.3. The van der Waals surface area contributed by atoms with E-state index in [-0.39, 0.29) is 24.1 Å². The van der Waals surface area contributed by atoms with E-state index in [1.54, 1.807) is 23.1 Å². The molecule has 4 heterocycles. The maximum absolute atomic E-state index is 15.3. The molecule has 188 valence electrons. The normalized spacial score (nSPS) is 20.5. The third-order valence-electron chi connectivity index (χ3n) is 6.16. The number of methoxy groups -OCH3 is 2. The van der Waals surface area contributed by atoms with Crippen LogP contribution in [0.5, 0.6) is 11.5 Å². The average Bonchev–Trinajstić information content (AvgIpc) is 3.49. The molecular weight excluding hydrogens is 469 g/mol. The van der Waals surface area contributed by atoms with Crippen LogP contribution in [-0.2, 0) is 11.8 Å². The predicted molar refractivity (Wildman–Crippen MR) is 130 cm³/mol. The van der Waals surface area contributed by atoms with Gasteiger partial charge in [-0.15, -0.1) is 0 Å². The third kappa shape index (κ3) is 4.25. The zero-order valence-corrected chi connectivity index (χ0v) is 20.3. The summed E-state index contributed by atoms with van der Waals surface area (Å²) in [6.07, 6.45) is 8.46. The summed E-state index contributed by atoms with van der Waals surface area (Å²) in [5.74, 6) is 0.472. The molecule has 2 N–H and O–H groups in total. The van der Waals surface area contributed by atoms with E-state index in [4.69, 9.17) is 19.2 Å². The predicted octanol–water partition coefficient (Wildman–Crippen LogP) is 2.80. The van der Waals surface area contributed by atoms with Crippen molar-refractivity contribution < 1.29 is 23.4 Å². The number of aryl methyl sites for hydroxylation is 1. The summed E-state index contributed by atoms with van der Waals surface area (Å²) >= 11 is 0. The molecule has 36 heavy (non-hydrogen) atoms. The molecule has 0 aliphatic carbocycles. The van der Waals surface area contributed by atoms with Gasteiger partial charge >= 0.3 is 6.09 Å². The fourth-order valence-corrected chi connectivity index (χ4v) is 4.28. The van der Waals surface area contributed by atoms with Gasteiger partial charge in [0.25, 0.3) is 0 Å². The number of carbonyl (C=O) groups excluding carboxylic acids is 1. The van der Waals surface area contributed by atoms with Gasteiger partial charge in [0.15, 0.2) is 17.4 Å². The molecule has 1 aromatic carbocycles. The molecule has 1 saturated heterocycles. The van der Waals surface area contributed by atoms with Gasteiger partial charge in [0.2, 0.25) is 0 Å². The zero-order chi connectivity index (χ0) is 25.4. The number of nitrogens with one attached hydrogen (secondary N) is 2. The van der Waals surface area contributed by atoms with Gasteiger partial charge < -0.3 is 29.7 Å². The van der Waals surface area contributed by atoms with Crippen LogP contribution in [0.15, 0.2) is 36.8 Å². The highest BCUT2D eigenvalue weighted by Gasteiger charge is 2.39. The van der Waals surface area contributed by atoms with Gasteiger partial charge in [0.05, 0.1) is 44.0 Å². The van der Waals surface area contributed by atoms with E-state index in [1.165, 1.54) is 20.3 Å². The summed E-state index contributed by atoms with van der Waals surface area (Å²) < 4.78 is 32.6. The van der Waals surface area contributed by atoms with Crippen LogP contribution in [0.25, 0.3) is 17.3 Å². The van der Waals surface area contributed by atoms with E-state index < -0.39 is 17.6 Å². The Morgan fingerprint density at radius 3 is 2.81 bits per heavy atom. The molecule has 5 rings (SSSR count). The van der Waals surface area contributed by atoms with Crippen LogP contribution in [0.1, 0.15) is 12.6 Å². The second kappa shape index (κ2) is 9.02. The van der Waals surface area contributed by atoms with Gasteiger partial charge in [-0.1, -0.05) is 0 Å². The largest absolute Gasteiger partial charge is 0.497 e. The molecule has 2 aliphatic rings. The topological polar surface area (TPSA) is 116 Å². The Bertz CT molecular complexity index is 1340. The minimum Gasteiger partial charge on any atom is -0.497 e. The number of carbonyl (C=O) groups is 1.